The molecule has 0 saturated carbocycles. The zero-order valence-electron chi connectivity index (χ0n) is 37.2. The summed E-state index contributed by atoms with van der Waals surface area (Å²) in [5.41, 5.74) is 0. The molecule has 0 aromatic heterocycles. The number of likely N-dealkylation sites (tertiary alicyclic amines) is 2. The van der Waals surface area contributed by atoms with Gasteiger partial charge in [-0.2, -0.15) is 0 Å². The summed E-state index contributed by atoms with van der Waals surface area (Å²) >= 11 is 0. The first-order valence-corrected chi connectivity index (χ1v) is 23.1. The SMILES string of the molecule is CN1CCC(N2CCCCC2)CC1.CN1CCCN(C(=O)C2CCCN2)CC1.CN1CCCN(C(=O)C2CCNCC2)CC1.CNCC(=O)N1CCCN(C)CC1. The third kappa shape index (κ3) is 17.7. The van der Waals surface area contributed by atoms with E-state index in [0.717, 1.165) is 149 Å². The van der Waals surface area contributed by atoms with Crippen LogP contribution < -0.4 is 16.0 Å². The van der Waals surface area contributed by atoms with Crippen LogP contribution in [-0.4, -0.2) is 235 Å². The van der Waals surface area contributed by atoms with Gasteiger partial charge >= 0.3 is 0 Å². The van der Waals surface area contributed by atoms with Gasteiger partial charge in [-0.25, -0.2) is 0 Å². The van der Waals surface area contributed by atoms with E-state index in [1.54, 1.807) is 0 Å². The van der Waals surface area contributed by atoms with E-state index in [4.69, 9.17) is 0 Å². The van der Waals surface area contributed by atoms with Crippen LogP contribution in [-0.2, 0) is 14.4 Å². The van der Waals surface area contributed by atoms with E-state index in [1.165, 1.54) is 58.3 Å². The van der Waals surface area contributed by atoms with Crippen LogP contribution in [0, 0.1) is 5.92 Å². The van der Waals surface area contributed by atoms with Gasteiger partial charge in [0.2, 0.25) is 17.7 Å². The molecule has 330 valence electrons. The monoisotopic (exact) mass is 804 g/mol. The lowest BCUT2D eigenvalue weighted by Gasteiger charge is -2.39. The second kappa shape index (κ2) is 27.0. The molecule has 7 aliphatic heterocycles. The molecule has 3 N–H and O–H groups in total. The number of nitrogens with zero attached hydrogens (tertiary/aromatic N) is 8. The van der Waals surface area contributed by atoms with Gasteiger partial charge in [0.25, 0.3) is 0 Å². The Hall–Kier alpha value is -1.91. The van der Waals surface area contributed by atoms with Crippen molar-refractivity contribution in [1.29, 1.82) is 0 Å². The summed E-state index contributed by atoms with van der Waals surface area (Å²) in [6.45, 7) is 20.7. The molecular weight excluding hydrogens is 719 g/mol. The second-order valence-electron chi connectivity index (χ2n) is 17.8. The largest absolute Gasteiger partial charge is 0.341 e. The summed E-state index contributed by atoms with van der Waals surface area (Å²) in [5.74, 6) is 1.22. The summed E-state index contributed by atoms with van der Waals surface area (Å²) in [6.07, 6.45) is 14.6. The molecule has 0 aliphatic carbocycles. The summed E-state index contributed by atoms with van der Waals surface area (Å²) in [5, 5.41) is 9.48. The van der Waals surface area contributed by atoms with Crippen molar-refractivity contribution in [1.82, 2.24) is 55.1 Å². The number of hydrogen-bond acceptors (Lipinski definition) is 11. The summed E-state index contributed by atoms with van der Waals surface area (Å²) in [6, 6.07) is 1.02. The molecule has 14 nitrogen and oxygen atoms in total. The summed E-state index contributed by atoms with van der Waals surface area (Å²) < 4.78 is 0. The van der Waals surface area contributed by atoms with E-state index in [9.17, 15) is 14.4 Å². The van der Waals surface area contributed by atoms with Crippen molar-refractivity contribution in [2.45, 2.75) is 89.1 Å². The number of nitrogens with one attached hydrogen (secondary N) is 3. The molecule has 0 aromatic carbocycles. The molecule has 0 bridgehead atoms. The molecule has 57 heavy (non-hydrogen) atoms. The van der Waals surface area contributed by atoms with Gasteiger partial charge in [0.15, 0.2) is 0 Å². The van der Waals surface area contributed by atoms with Gasteiger partial charge in [0.1, 0.15) is 0 Å². The quantitative estimate of drug-likeness (QED) is 0.371. The Morgan fingerprint density at radius 1 is 0.491 bits per heavy atom. The van der Waals surface area contributed by atoms with Crippen LogP contribution in [0.2, 0.25) is 0 Å². The molecule has 14 heteroatoms. The first kappa shape index (κ1) is 47.8. The average molecular weight is 804 g/mol. The van der Waals surface area contributed by atoms with Gasteiger partial charge in [-0.1, -0.05) is 6.42 Å². The van der Waals surface area contributed by atoms with Gasteiger partial charge in [0, 0.05) is 70.9 Å². The molecule has 0 radical (unpaired) electrons. The van der Waals surface area contributed by atoms with E-state index in [2.05, 4.69) is 73.5 Å². The van der Waals surface area contributed by atoms with E-state index in [0.29, 0.717) is 18.4 Å². The maximum Gasteiger partial charge on any atom is 0.239 e. The predicted molar refractivity (Wildman–Crippen MR) is 233 cm³/mol. The number of carbonyl (C=O) groups is 3. The predicted octanol–water partition coefficient (Wildman–Crippen LogP) is 0.989. The normalized spacial score (nSPS) is 26.1. The first-order valence-electron chi connectivity index (χ1n) is 23.1. The Labute approximate surface area is 347 Å². The number of hydrogen-bond donors (Lipinski definition) is 3. The zero-order chi connectivity index (χ0) is 40.8. The molecule has 7 saturated heterocycles. The average Bonchev–Trinajstić information content (AvgIpc) is 3.42. The third-order valence-corrected chi connectivity index (χ3v) is 13.1. The summed E-state index contributed by atoms with van der Waals surface area (Å²) in [4.78, 5) is 54.0. The highest BCUT2D eigenvalue weighted by atomic mass is 16.2. The van der Waals surface area contributed by atoms with Crippen LogP contribution in [0.3, 0.4) is 0 Å². The highest BCUT2D eigenvalue weighted by molar-refractivity contribution is 5.82. The van der Waals surface area contributed by atoms with Crippen molar-refractivity contribution < 1.29 is 14.4 Å². The Bertz CT molecular complexity index is 1120. The summed E-state index contributed by atoms with van der Waals surface area (Å²) in [7, 11) is 10.4. The van der Waals surface area contributed by atoms with Crippen LogP contribution >= 0.6 is 0 Å². The smallest absolute Gasteiger partial charge is 0.239 e. The van der Waals surface area contributed by atoms with Gasteiger partial charge in [-0.15, -0.1) is 0 Å². The fraction of sp³-hybridized carbons (Fsp3) is 0.930. The highest BCUT2D eigenvalue weighted by Crippen LogP contribution is 2.20. The molecule has 1 atom stereocenters. The van der Waals surface area contributed by atoms with Crippen molar-refractivity contribution in [3.8, 4) is 0 Å². The molecule has 3 amide bonds. The number of rotatable bonds is 5. The third-order valence-electron chi connectivity index (χ3n) is 13.1. The number of piperidine rings is 3. The highest BCUT2D eigenvalue weighted by Gasteiger charge is 2.29. The molecule has 0 spiro atoms. The van der Waals surface area contributed by atoms with Crippen molar-refractivity contribution in [2.24, 2.45) is 5.92 Å². The molecule has 7 rings (SSSR count). The van der Waals surface area contributed by atoms with Crippen LogP contribution in [0.4, 0.5) is 0 Å². The lowest BCUT2D eigenvalue weighted by Crippen LogP contribution is -2.45. The number of amides is 3. The van der Waals surface area contributed by atoms with Crippen molar-refractivity contribution in [2.75, 3.05) is 166 Å². The standard InChI is InChI=1S/C12H23N3O.C11H21N3O.C11H22N2.C9H19N3O/c1-14-7-2-8-15(10-9-14)12(16)11-3-5-13-6-4-11;1-13-6-3-7-14(9-8-13)11(15)10-4-2-5-12-10;1-12-9-5-11(6-10-12)13-7-3-2-4-8-13;1-10-8-9(13)12-5-3-4-11(2)6-7-12/h11,13H,2-10H2,1H3;10,12H,2-9H2,1H3;11H,2-10H2,1H3;10H,3-8H2,1-2H3. The Morgan fingerprint density at radius 2 is 1.00 bits per heavy atom. The van der Waals surface area contributed by atoms with E-state index in [1.807, 2.05) is 16.8 Å². The molecule has 7 heterocycles. The maximum atomic E-state index is 12.3. The van der Waals surface area contributed by atoms with Crippen LogP contribution in [0.5, 0.6) is 0 Å². The first-order chi connectivity index (χ1) is 27.6. The topological polar surface area (TPSA) is 113 Å². The second-order valence-corrected chi connectivity index (χ2v) is 17.8. The van der Waals surface area contributed by atoms with Crippen molar-refractivity contribution in [3.63, 3.8) is 0 Å². The van der Waals surface area contributed by atoms with Crippen LogP contribution in [0.15, 0.2) is 0 Å². The lowest BCUT2D eigenvalue weighted by molar-refractivity contribution is -0.136. The Balaban J connectivity index is 0.000000169. The lowest BCUT2D eigenvalue weighted by atomic mass is 9.96. The molecule has 7 aliphatic rings. The van der Waals surface area contributed by atoms with Crippen molar-refractivity contribution >= 4 is 17.7 Å². The maximum absolute atomic E-state index is 12.3. The van der Waals surface area contributed by atoms with Gasteiger partial charge in [-0.3, -0.25) is 14.4 Å². The molecule has 1 unspecified atom stereocenters. The number of carbonyl (C=O) groups excluding carboxylic acids is 3. The minimum Gasteiger partial charge on any atom is -0.341 e. The fourth-order valence-electron chi connectivity index (χ4n) is 9.18. The van der Waals surface area contributed by atoms with Crippen LogP contribution in [0.1, 0.15) is 77.0 Å². The Morgan fingerprint density at radius 3 is 1.53 bits per heavy atom. The Kier molecular flexibility index (Phi) is 22.7. The van der Waals surface area contributed by atoms with Gasteiger partial charge < -0.3 is 55.1 Å². The van der Waals surface area contributed by atoms with Crippen LogP contribution in [0.25, 0.3) is 0 Å². The molecule has 7 fully saturated rings. The molecule has 0 aromatic rings. The van der Waals surface area contributed by atoms with E-state index >= 15 is 0 Å². The van der Waals surface area contributed by atoms with E-state index in [-0.39, 0.29) is 17.9 Å². The molecular formula is C43H85N11O3. The van der Waals surface area contributed by atoms with E-state index < -0.39 is 0 Å². The minimum absolute atomic E-state index is 0.105. The van der Waals surface area contributed by atoms with Crippen molar-refractivity contribution in [3.05, 3.63) is 0 Å². The van der Waals surface area contributed by atoms with Gasteiger partial charge in [-0.05, 0) is 171 Å². The number of likely N-dealkylation sites (N-methyl/N-ethyl adjacent to an activating group) is 4. The zero-order valence-corrected chi connectivity index (χ0v) is 37.2. The van der Waals surface area contributed by atoms with Gasteiger partial charge in [0.05, 0.1) is 12.6 Å². The minimum atomic E-state index is 0.105. The fourth-order valence-corrected chi connectivity index (χ4v) is 9.18.